The second-order valence-corrected chi connectivity index (χ2v) is 8.04. The third kappa shape index (κ3) is 3.24. The second kappa shape index (κ2) is 7.02. The van der Waals surface area contributed by atoms with Crippen molar-refractivity contribution < 1.29 is 14.3 Å². The molecule has 3 fully saturated rings. The third-order valence-corrected chi connectivity index (χ3v) is 6.42. The van der Waals surface area contributed by atoms with Gasteiger partial charge in [-0.05, 0) is 43.9 Å². The third-order valence-electron chi connectivity index (χ3n) is 6.42. The summed E-state index contributed by atoms with van der Waals surface area (Å²) in [7, 11) is 1.72. The summed E-state index contributed by atoms with van der Waals surface area (Å²) in [5.74, 6) is 1.93. The first-order chi connectivity index (χ1) is 12.5. The Balaban J connectivity index is 1.41. The van der Waals surface area contributed by atoms with Crippen LogP contribution in [0.5, 0.6) is 0 Å². The number of carbonyl (C=O) groups is 2. The molecule has 142 valence electrons. The highest BCUT2D eigenvalue weighted by Gasteiger charge is 2.42. The fraction of sp³-hybridized carbons (Fsp3) is 0.737. The topological polar surface area (TPSA) is 76.5 Å². The van der Waals surface area contributed by atoms with Crippen molar-refractivity contribution >= 4 is 11.8 Å². The van der Waals surface area contributed by atoms with E-state index in [4.69, 9.17) is 4.74 Å². The number of aromatic nitrogens is 2. The van der Waals surface area contributed by atoms with Gasteiger partial charge in [-0.2, -0.15) is 5.10 Å². The molecule has 2 saturated carbocycles. The Labute approximate surface area is 154 Å². The van der Waals surface area contributed by atoms with E-state index in [2.05, 4.69) is 17.3 Å². The minimum absolute atomic E-state index is 0.135. The summed E-state index contributed by atoms with van der Waals surface area (Å²) in [4.78, 5) is 27.0. The van der Waals surface area contributed by atoms with Gasteiger partial charge in [0.2, 0.25) is 0 Å². The van der Waals surface area contributed by atoms with Gasteiger partial charge in [-0.15, -0.1) is 0 Å². The van der Waals surface area contributed by atoms with Crippen molar-refractivity contribution in [3.8, 4) is 0 Å². The van der Waals surface area contributed by atoms with Crippen LogP contribution < -0.4 is 5.32 Å². The Morgan fingerprint density at radius 1 is 1.27 bits per heavy atom. The van der Waals surface area contributed by atoms with Gasteiger partial charge in [-0.3, -0.25) is 14.3 Å². The molecule has 1 aliphatic heterocycles. The number of nitrogens with zero attached hydrogens (tertiary/aromatic N) is 3. The summed E-state index contributed by atoms with van der Waals surface area (Å²) in [5, 5.41) is 7.42. The molecule has 7 heteroatoms. The van der Waals surface area contributed by atoms with E-state index in [1.54, 1.807) is 18.0 Å². The van der Waals surface area contributed by atoms with Gasteiger partial charge in [-0.25, -0.2) is 0 Å². The van der Waals surface area contributed by atoms with Crippen molar-refractivity contribution in [2.45, 2.75) is 38.6 Å². The van der Waals surface area contributed by atoms with Crippen LogP contribution in [0.2, 0.25) is 0 Å². The molecular formula is C19H28N4O3. The molecule has 2 heterocycles. The first-order valence-electron chi connectivity index (χ1n) is 9.75. The molecule has 1 N–H and O–H groups in total. The Hall–Kier alpha value is -1.89. The summed E-state index contributed by atoms with van der Waals surface area (Å²) >= 11 is 0. The van der Waals surface area contributed by atoms with E-state index in [-0.39, 0.29) is 17.9 Å². The lowest BCUT2D eigenvalue weighted by molar-refractivity contribution is 0.0298. The Morgan fingerprint density at radius 2 is 2.04 bits per heavy atom. The number of aryl methyl sites for hydroxylation is 1. The molecule has 0 radical (unpaired) electrons. The monoisotopic (exact) mass is 360 g/mol. The molecule has 2 bridgehead atoms. The molecule has 4 atom stereocenters. The molecule has 1 saturated heterocycles. The van der Waals surface area contributed by atoms with Crippen LogP contribution in [0.25, 0.3) is 0 Å². The lowest BCUT2D eigenvalue weighted by atomic mass is 9.84. The smallest absolute Gasteiger partial charge is 0.274 e. The lowest BCUT2D eigenvalue weighted by Crippen LogP contribution is -2.41. The standard InChI is InChI=1S/C19H28N4O3/c1-12(15-10-13-3-4-14(15)9-13)20-18(24)17-11-16(21-22(17)2)19(25)23-5-7-26-8-6-23/h11-15H,3-10H2,1-2H3,(H,20,24)/t12-,13-,14-,15+/m1/s1. The van der Waals surface area contributed by atoms with Crippen LogP contribution in [0.15, 0.2) is 6.07 Å². The maximum absolute atomic E-state index is 12.7. The number of fused-ring (bicyclic) bond motifs is 2. The average molecular weight is 360 g/mol. The van der Waals surface area contributed by atoms with Crippen LogP contribution in [-0.4, -0.2) is 58.8 Å². The first kappa shape index (κ1) is 17.5. The molecule has 4 rings (SSSR count). The number of ether oxygens (including phenoxy) is 1. The zero-order valence-electron chi connectivity index (χ0n) is 15.6. The van der Waals surface area contributed by atoms with Crippen molar-refractivity contribution in [2.24, 2.45) is 24.8 Å². The minimum Gasteiger partial charge on any atom is -0.378 e. The zero-order chi connectivity index (χ0) is 18.3. The van der Waals surface area contributed by atoms with Gasteiger partial charge in [0.05, 0.1) is 13.2 Å². The SMILES string of the molecule is C[C@@H](NC(=O)c1cc(C(=O)N2CCOCC2)nn1C)[C@@H]1C[C@@H]2CC[C@@H]1C2. The number of hydrogen-bond acceptors (Lipinski definition) is 4. The molecular weight excluding hydrogens is 332 g/mol. The summed E-state index contributed by atoms with van der Waals surface area (Å²) < 4.78 is 6.79. The molecule has 1 aromatic rings. The quantitative estimate of drug-likeness (QED) is 0.882. The van der Waals surface area contributed by atoms with Crippen LogP contribution in [0.1, 0.15) is 53.6 Å². The minimum atomic E-state index is -0.142. The van der Waals surface area contributed by atoms with Crippen molar-refractivity contribution in [3.05, 3.63) is 17.5 Å². The Kier molecular flexibility index (Phi) is 4.73. The van der Waals surface area contributed by atoms with E-state index >= 15 is 0 Å². The fourth-order valence-electron chi connectivity index (χ4n) is 5.01. The van der Waals surface area contributed by atoms with E-state index in [1.807, 2.05) is 0 Å². The van der Waals surface area contributed by atoms with E-state index < -0.39 is 0 Å². The first-order valence-corrected chi connectivity index (χ1v) is 9.75. The number of amides is 2. The molecule has 1 aromatic heterocycles. The van der Waals surface area contributed by atoms with Crippen molar-refractivity contribution in [3.63, 3.8) is 0 Å². The lowest BCUT2D eigenvalue weighted by Gasteiger charge is -2.28. The summed E-state index contributed by atoms with van der Waals surface area (Å²) in [6.07, 6.45) is 5.23. The predicted octanol–water partition coefficient (Wildman–Crippen LogP) is 1.45. The number of morpholine rings is 1. The van der Waals surface area contributed by atoms with Crippen molar-refractivity contribution in [1.29, 1.82) is 0 Å². The summed E-state index contributed by atoms with van der Waals surface area (Å²) in [6.45, 7) is 4.34. The molecule has 2 amide bonds. The van der Waals surface area contributed by atoms with Gasteiger partial charge in [0.15, 0.2) is 5.69 Å². The van der Waals surface area contributed by atoms with Gasteiger partial charge >= 0.3 is 0 Å². The molecule has 2 aliphatic carbocycles. The van der Waals surface area contributed by atoms with Crippen molar-refractivity contribution in [1.82, 2.24) is 20.0 Å². The molecule has 0 aromatic carbocycles. The van der Waals surface area contributed by atoms with Crippen LogP contribution in [-0.2, 0) is 11.8 Å². The highest BCUT2D eigenvalue weighted by Crippen LogP contribution is 2.49. The van der Waals surface area contributed by atoms with Crippen LogP contribution in [0.4, 0.5) is 0 Å². The number of nitrogens with one attached hydrogen (secondary N) is 1. The average Bonchev–Trinajstić information content (AvgIpc) is 3.37. The maximum Gasteiger partial charge on any atom is 0.274 e. The number of carbonyl (C=O) groups excluding carboxylic acids is 2. The highest BCUT2D eigenvalue weighted by molar-refractivity contribution is 5.98. The van der Waals surface area contributed by atoms with Gasteiger partial charge in [-0.1, -0.05) is 6.42 Å². The van der Waals surface area contributed by atoms with Gasteiger partial charge in [0.1, 0.15) is 5.69 Å². The zero-order valence-corrected chi connectivity index (χ0v) is 15.6. The maximum atomic E-state index is 12.7. The number of hydrogen-bond donors (Lipinski definition) is 1. The molecule has 0 spiro atoms. The largest absolute Gasteiger partial charge is 0.378 e. The van der Waals surface area contributed by atoms with Crippen LogP contribution in [0.3, 0.4) is 0 Å². The number of rotatable bonds is 4. The van der Waals surface area contributed by atoms with E-state index in [0.717, 1.165) is 11.8 Å². The Bertz CT molecular complexity index is 695. The second-order valence-electron chi connectivity index (χ2n) is 8.04. The fourth-order valence-corrected chi connectivity index (χ4v) is 5.01. The van der Waals surface area contributed by atoms with Gasteiger partial charge in [0.25, 0.3) is 11.8 Å². The Morgan fingerprint density at radius 3 is 2.69 bits per heavy atom. The van der Waals surface area contributed by atoms with E-state index in [1.165, 1.54) is 30.4 Å². The van der Waals surface area contributed by atoms with Gasteiger partial charge in [0, 0.05) is 32.2 Å². The van der Waals surface area contributed by atoms with Crippen LogP contribution >= 0.6 is 0 Å². The molecule has 7 nitrogen and oxygen atoms in total. The van der Waals surface area contributed by atoms with Crippen LogP contribution in [0, 0.1) is 17.8 Å². The highest BCUT2D eigenvalue weighted by atomic mass is 16.5. The van der Waals surface area contributed by atoms with E-state index in [0.29, 0.717) is 43.6 Å². The van der Waals surface area contributed by atoms with Gasteiger partial charge < -0.3 is 15.0 Å². The molecule has 3 aliphatic rings. The predicted molar refractivity (Wildman–Crippen MR) is 95.8 cm³/mol. The molecule has 0 unspecified atom stereocenters. The summed E-state index contributed by atoms with van der Waals surface area (Å²) in [5.41, 5.74) is 0.767. The molecule has 26 heavy (non-hydrogen) atoms. The normalized spacial score (nSPS) is 29.0. The van der Waals surface area contributed by atoms with E-state index in [9.17, 15) is 9.59 Å². The summed E-state index contributed by atoms with van der Waals surface area (Å²) in [6, 6.07) is 1.77. The van der Waals surface area contributed by atoms with Crippen molar-refractivity contribution in [2.75, 3.05) is 26.3 Å².